The molecule has 0 heterocycles. The smallest absolute Gasteiger partial charge is 0.293 e. The van der Waals surface area contributed by atoms with E-state index < -0.39 is 0 Å². The van der Waals surface area contributed by atoms with Gasteiger partial charge in [0.25, 0.3) is 1.43 Å². The Morgan fingerprint density at radius 2 is 2.00 bits per heavy atom. The molecular formula is C9H13NO. The van der Waals surface area contributed by atoms with Gasteiger partial charge in [0.05, 0.1) is 0 Å². The van der Waals surface area contributed by atoms with Crippen molar-refractivity contribution in [3.05, 3.63) is 24.3 Å². The topological polar surface area (TPSA) is 32.3 Å². The highest BCUT2D eigenvalue weighted by Gasteiger charge is 1.93. The van der Waals surface area contributed by atoms with Crippen LogP contribution in [0.4, 0.5) is 5.69 Å². The molecule has 1 aromatic carbocycles. The predicted octanol–water partition coefficient (Wildman–Crippen LogP) is 2.21. The highest BCUT2D eigenvalue weighted by molar-refractivity contribution is 5.46. The lowest BCUT2D eigenvalue weighted by atomic mass is 10.3. The van der Waals surface area contributed by atoms with E-state index in [1.165, 1.54) is 0 Å². The van der Waals surface area contributed by atoms with Gasteiger partial charge in [-0.25, -0.2) is 0 Å². The molecule has 0 fully saturated rings. The second kappa shape index (κ2) is 3.28. The summed E-state index contributed by atoms with van der Waals surface area (Å²) < 4.78 is 6.64. The zero-order valence-electron chi connectivity index (χ0n) is 7.79. The third kappa shape index (κ3) is 2.50. The highest BCUT2D eigenvalue weighted by Crippen LogP contribution is 2.14. The van der Waals surface area contributed by atoms with Crippen LogP contribution in [0.25, 0.3) is 0 Å². The predicted molar refractivity (Wildman–Crippen MR) is 46.9 cm³/mol. The normalized spacial score (nSPS) is 11.0. The van der Waals surface area contributed by atoms with Crippen LogP contribution >= 0.6 is 0 Å². The molecule has 60 valence electrons. The Balaban J connectivity index is 2.65. The summed E-state index contributed by atoms with van der Waals surface area (Å²) in [5.74, 6) is 0.560. The van der Waals surface area contributed by atoms with Crippen molar-refractivity contribution in [2.24, 2.45) is 0 Å². The Labute approximate surface area is 68.4 Å². The fourth-order valence-corrected chi connectivity index (χ4v) is 0.884. The molecule has 0 atom stereocenters. The maximum atomic E-state index is 6.64. The zero-order valence-corrected chi connectivity index (χ0v) is 6.79. The fraction of sp³-hybridized carbons (Fsp3) is 0.333. The first-order valence-corrected chi connectivity index (χ1v) is 3.72. The van der Waals surface area contributed by atoms with Crippen molar-refractivity contribution in [2.75, 3.05) is 5.32 Å². The molecule has 0 amide bonds. The van der Waals surface area contributed by atoms with Gasteiger partial charge in [-0.05, 0) is 38.1 Å². The second-order valence-electron chi connectivity index (χ2n) is 2.82. The monoisotopic (exact) mass is 152 g/mol. The molecule has 11 heavy (non-hydrogen) atoms. The zero-order chi connectivity index (χ0) is 8.97. The van der Waals surface area contributed by atoms with Gasteiger partial charge < -0.3 is 10.4 Å². The molecule has 1 aromatic rings. The number of benzene rings is 1. The van der Waals surface area contributed by atoms with Crippen molar-refractivity contribution in [1.29, 1.82) is 1.43 Å². The van der Waals surface area contributed by atoms with Crippen LogP contribution in [0.3, 0.4) is 0 Å². The van der Waals surface area contributed by atoms with Gasteiger partial charge in [-0.2, -0.15) is 0 Å². The minimum absolute atomic E-state index is 0.424. The minimum Gasteiger partial charge on any atom is -0.508 e. The molecule has 0 unspecified atom stereocenters. The van der Waals surface area contributed by atoms with E-state index in [-0.39, 0.29) is 0 Å². The van der Waals surface area contributed by atoms with Gasteiger partial charge in [0, 0.05) is 11.7 Å². The molecular weight excluding hydrogens is 138 g/mol. The van der Waals surface area contributed by atoms with Gasteiger partial charge >= 0.3 is 0 Å². The van der Waals surface area contributed by atoms with Gasteiger partial charge in [0.1, 0.15) is 5.75 Å². The molecule has 0 aliphatic rings. The van der Waals surface area contributed by atoms with Gasteiger partial charge in [-0.1, -0.05) is 0 Å². The van der Waals surface area contributed by atoms with Crippen molar-refractivity contribution in [2.45, 2.75) is 19.9 Å². The van der Waals surface area contributed by atoms with Gasteiger partial charge in [0.15, 0.2) is 0 Å². The van der Waals surface area contributed by atoms with E-state index in [4.69, 9.17) is 1.43 Å². The third-order valence-electron chi connectivity index (χ3n) is 1.31. The number of phenols is 1. The number of aromatic hydroxyl groups is 1. The average Bonchev–Trinajstić information content (AvgIpc) is 2.05. The van der Waals surface area contributed by atoms with Crippen LogP contribution in [0.1, 0.15) is 13.8 Å². The van der Waals surface area contributed by atoms with E-state index in [2.05, 4.69) is 24.3 Å². The Hall–Kier alpha value is -1.18. The van der Waals surface area contributed by atoms with Crippen molar-refractivity contribution >= 4 is 5.69 Å². The molecule has 0 aliphatic heterocycles. The molecule has 1 rings (SSSR count). The first kappa shape index (κ1) is 6.53. The molecule has 2 N–H and O–H groups in total. The van der Waals surface area contributed by atoms with E-state index in [1.807, 2.05) is 12.1 Å². The maximum Gasteiger partial charge on any atom is 0.293 e. The van der Waals surface area contributed by atoms with E-state index in [1.54, 1.807) is 12.1 Å². The summed E-state index contributed by atoms with van der Waals surface area (Å²) in [5.41, 5.74) is 1.05. The number of hydrogen-bond donors (Lipinski definition) is 2. The molecule has 0 bridgehead atoms. The molecule has 0 spiro atoms. The van der Waals surface area contributed by atoms with Crippen molar-refractivity contribution < 1.29 is 5.11 Å². The first-order chi connectivity index (χ1) is 5.72. The maximum absolute atomic E-state index is 6.64. The van der Waals surface area contributed by atoms with E-state index in [0.29, 0.717) is 11.8 Å². The molecule has 0 aliphatic carbocycles. The average molecular weight is 152 g/mol. The van der Waals surface area contributed by atoms with E-state index in [9.17, 15) is 0 Å². The van der Waals surface area contributed by atoms with Gasteiger partial charge in [0.2, 0.25) is 0 Å². The Kier molecular flexibility index (Phi) is 1.95. The third-order valence-corrected chi connectivity index (χ3v) is 1.31. The second-order valence-corrected chi connectivity index (χ2v) is 2.82. The summed E-state index contributed by atoms with van der Waals surface area (Å²) in [4.78, 5) is 0. The summed E-state index contributed by atoms with van der Waals surface area (Å²) in [6.45, 7) is 4.16. The van der Waals surface area contributed by atoms with Crippen LogP contribution in [-0.2, 0) is 0 Å². The number of anilines is 1. The van der Waals surface area contributed by atoms with Crippen molar-refractivity contribution in [1.82, 2.24) is 0 Å². The lowest BCUT2D eigenvalue weighted by molar-refractivity contribution is 0.475. The van der Waals surface area contributed by atoms with Crippen LogP contribution in [0.15, 0.2) is 24.3 Å². The largest absolute Gasteiger partial charge is 0.508 e. The van der Waals surface area contributed by atoms with Crippen LogP contribution < -0.4 is 5.32 Å². The molecule has 2 heteroatoms. The summed E-state index contributed by atoms with van der Waals surface area (Å²) in [6, 6.07) is 7.73. The Bertz CT molecular complexity index is 233. The van der Waals surface area contributed by atoms with Crippen LogP contribution in [0, 0.1) is 0 Å². The van der Waals surface area contributed by atoms with Crippen LogP contribution in [0.5, 0.6) is 5.75 Å². The highest BCUT2D eigenvalue weighted by atomic mass is 16.3. The Morgan fingerprint density at radius 3 is 2.45 bits per heavy atom. The SMILES string of the molecule is [2H]Oc1ccc(NC(C)C)cc1. The summed E-state index contributed by atoms with van der Waals surface area (Å²) >= 11 is 0. The van der Waals surface area contributed by atoms with E-state index >= 15 is 0 Å². The quantitative estimate of drug-likeness (QED) is 0.651. The number of rotatable bonds is 3. The number of hydrogen-bond acceptors (Lipinski definition) is 2. The fourth-order valence-electron chi connectivity index (χ4n) is 0.884. The van der Waals surface area contributed by atoms with Gasteiger partial charge in [-0.15, -0.1) is 0 Å². The van der Waals surface area contributed by atoms with Crippen LogP contribution in [0.2, 0.25) is 0 Å². The molecule has 0 saturated heterocycles. The summed E-state index contributed by atoms with van der Waals surface area (Å²) in [5, 5.41) is 7.54. The lowest BCUT2D eigenvalue weighted by Gasteiger charge is -2.08. The molecule has 0 aromatic heterocycles. The standard InChI is InChI=1S/C9H13NO/c1-7(2)10-8-3-5-9(11)6-4-8/h3-7,10-11H,1-2H3/i/hD. The molecule has 2 nitrogen and oxygen atoms in total. The first-order valence-electron chi connectivity index (χ1n) is 4.13. The molecule has 0 saturated carbocycles. The number of phenolic OH excluding ortho intramolecular Hbond substituents is 1. The number of nitrogens with one attached hydrogen (secondary N) is 1. The van der Waals surface area contributed by atoms with Gasteiger partial charge in [-0.3, -0.25) is 0 Å². The van der Waals surface area contributed by atoms with Crippen LogP contribution in [-0.4, -0.2) is 12.6 Å². The Morgan fingerprint density at radius 1 is 1.36 bits per heavy atom. The summed E-state index contributed by atoms with van der Waals surface area (Å²) in [7, 11) is 0. The van der Waals surface area contributed by atoms with Crippen molar-refractivity contribution in [3.8, 4) is 5.75 Å². The molecule has 0 radical (unpaired) electrons. The van der Waals surface area contributed by atoms with Crippen molar-refractivity contribution in [3.63, 3.8) is 0 Å². The minimum atomic E-state index is 0.424. The van der Waals surface area contributed by atoms with E-state index in [0.717, 1.165) is 5.69 Å². The summed E-state index contributed by atoms with van der Waals surface area (Å²) in [6.07, 6.45) is 0. The lowest BCUT2D eigenvalue weighted by Crippen LogP contribution is -2.08.